The van der Waals surface area contributed by atoms with Gasteiger partial charge in [0.2, 0.25) is 5.91 Å². The Labute approximate surface area is 113 Å². The summed E-state index contributed by atoms with van der Waals surface area (Å²) in [5, 5.41) is 10.4. The van der Waals surface area contributed by atoms with Crippen LogP contribution in [0.1, 0.15) is 31.0 Å². The molecule has 1 atom stereocenters. The Morgan fingerprint density at radius 3 is 2.89 bits per heavy atom. The van der Waals surface area contributed by atoms with Crippen LogP contribution in [0.15, 0.2) is 6.20 Å². The van der Waals surface area contributed by atoms with E-state index in [0.717, 1.165) is 39.0 Å². The van der Waals surface area contributed by atoms with E-state index in [1.807, 2.05) is 6.20 Å². The van der Waals surface area contributed by atoms with E-state index in [0.29, 0.717) is 5.91 Å². The van der Waals surface area contributed by atoms with Crippen molar-refractivity contribution >= 4 is 5.91 Å². The first-order valence-corrected chi connectivity index (χ1v) is 7.10. The summed E-state index contributed by atoms with van der Waals surface area (Å²) >= 11 is 0. The van der Waals surface area contributed by atoms with Crippen molar-refractivity contribution in [2.75, 3.05) is 26.2 Å². The molecule has 1 aromatic heterocycles. The number of amides is 1. The minimum atomic E-state index is 0.0195. The predicted octanol–water partition coefficient (Wildman–Crippen LogP) is 0.818. The Morgan fingerprint density at radius 2 is 2.32 bits per heavy atom. The number of hydrogen-bond acceptors (Lipinski definition) is 3. The molecule has 5 nitrogen and oxygen atoms in total. The molecule has 0 unspecified atom stereocenters. The van der Waals surface area contributed by atoms with E-state index >= 15 is 0 Å². The van der Waals surface area contributed by atoms with Crippen LogP contribution in [0.3, 0.4) is 0 Å². The average molecular weight is 262 g/mol. The van der Waals surface area contributed by atoms with E-state index in [9.17, 15) is 4.79 Å². The summed E-state index contributed by atoms with van der Waals surface area (Å²) in [6.45, 7) is 7.72. The van der Waals surface area contributed by atoms with Gasteiger partial charge in [-0.15, -0.1) is 0 Å². The minimum Gasteiger partial charge on any atom is -0.341 e. The average Bonchev–Trinajstić information content (AvgIpc) is 2.74. The molecule has 2 aliphatic rings. The molecule has 104 valence electrons. The largest absolute Gasteiger partial charge is 0.341 e. The maximum absolute atomic E-state index is 12.4. The van der Waals surface area contributed by atoms with Gasteiger partial charge in [0, 0.05) is 37.3 Å². The van der Waals surface area contributed by atoms with E-state index in [2.05, 4.69) is 34.3 Å². The molecule has 5 heteroatoms. The predicted molar refractivity (Wildman–Crippen MR) is 72.9 cm³/mol. The van der Waals surface area contributed by atoms with E-state index < -0.39 is 0 Å². The van der Waals surface area contributed by atoms with Gasteiger partial charge in [-0.3, -0.25) is 9.89 Å². The second-order valence-electron chi connectivity index (χ2n) is 6.21. The zero-order valence-electron chi connectivity index (χ0n) is 11.7. The molecule has 19 heavy (non-hydrogen) atoms. The highest BCUT2D eigenvalue weighted by molar-refractivity contribution is 5.80. The van der Waals surface area contributed by atoms with Crippen molar-refractivity contribution in [1.29, 1.82) is 0 Å². The summed E-state index contributed by atoms with van der Waals surface area (Å²) in [6, 6.07) is 0. The van der Waals surface area contributed by atoms with Crippen LogP contribution in [0.2, 0.25) is 0 Å². The standard InChI is InChI=1S/C14H22N4O/c1-10-6-16-17-12(10)14(2)4-3-5-18(9-14)13(19)11-7-15-8-11/h6,11,15H,3-5,7-9H2,1-2H3,(H,16,17)/t14-/m1/s1. The number of rotatable bonds is 2. The molecule has 1 aromatic rings. The highest BCUT2D eigenvalue weighted by atomic mass is 16.2. The fourth-order valence-corrected chi connectivity index (χ4v) is 3.31. The number of piperidine rings is 1. The van der Waals surface area contributed by atoms with Gasteiger partial charge in [0.15, 0.2) is 0 Å². The normalized spacial score (nSPS) is 28.2. The molecule has 0 aliphatic carbocycles. The summed E-state index contributed by atoms with van der Waals surface area (Å²) in [7, 11) is 0. The monoisotopic (exact) mass is 262 g/mol. The molecule has 2 aliphatic heterocycles. The van der Waals surface area contributed by atoms with Crippen LogP contribution in [0.5, 0.6) is 0 Å². The molecule has 3 rings (SSSR count). The zero-order chi connectivity index (χ0) is 13.5. The lowest BCUT2D eigenvalue weighted by Gasteiger charge is -2.42. The Bertz CT molecular complexity index is 480. The van der Waals surface area contributed by atoms with E-state index in [1.54, 1.807) is 0 Å². The quantitative estimate of drug-likeness (QED) is 0.829. The number of nitrogens with zero attached hydrogens (tertiary/aromatic N) is 2. The first-order valence-electron chi connectivity index (χ1n) is 7.10. The van der Waals surface area contributed by atoms with Crippen molar-refractivity contribution < 1.29 is 4.79 Å². The van der Waals surface area contributed by atoms with E-state index in [-0.39, 0.29) is 11.3 Å². The molecule has 2 N–H and O–H groups in total. The van der Waals surface area contributed by atoms with Crippen molar-refractivity contribution in [3.63, 3.8) is 0 Å². The Balaban J connectivity index is 1.77. The summed E-state index contributed by atoms with van der Waals surface area (Å²) < 4.78 is 0. The third-order valence-corrected chi connectivity index (χ3v) is 4.57. The fourth-order valence-electron chi connectivity index (χ4n) is 3.31. The van der Waals surface area contributed by atoms with Crippen LogP contribution in [0.25, 0.3) is 0 Å². The highest BCUT2D eigenvalue weighted by Gasteiger charge is 2.39. The maximum atomic E-state index is 12.4. The third kappa shape index (κ3) is 2.16. The maximum Gasteiger partial charge on any atom is 0.228 e. The number of carbonyl (C=O) groups excluding carboxylic acids is 1. The lowest BCUT2D eigenvalue weighted by molar-refractivity contribution is -0.139. The molecule has 1 amide bonds. The van der Waals surface area contributed by atoms with Crippen molar-refractivity contribution in [3.8, 4) is 0 Å². The van der Waals surface area contributed by atoms with Crippen LogP contribution in [-0.4, -0.2) is 47.2 Å². The number of likely N-dealkylation sites (tertiary alicyclic amines) is 1. The van der Waals surface area contributed by atoms with Gasteiger partial charge in [-0.05, 0) is 25.3 Å². The van der Waals surface area contributed by atoms with Gasteiger partial charge >= 0.3 is 0 Å². The van der Waals surface area contributed by atoms with Crippen molar-refractivity contribution in [2.24, 2.45) is 5.92 Å². The third-order valence-electron chi connectivity index (χ3n) is 4.57. The number of nitrogens with one attached hydrogen (secondary N) is 2. The molecule has 0 saturated carbocycles. The Morgan fingerprint density at radius 1 is 1.53 bits per heavy atom. The lowest BCUT2D eigenvalue weighted by atomic mass is 9.77. The number of hydrogen-bond donors (Lipinski definition) is 2. The van der Waals surface area contributed by atoms with Gasteiger partial charge in [0.1, 0.15) is 0 Å². The number of aromatic nitrogens is 2. The van der Waals surface area contributed by atoms with Gasteiger partial charge in [0.25, 0.3) is 0 Å². The van der Waals surface area contributed by atoms with Crippen molar-refractivity contribution in [1.82, 2.24) is 20.4 Å². The minimum absolute atomic E-state index is 0.0195. The van der Waals surface area contributed by atoms with Crippen LogP contribution in [0, 0.1) is 12.8 Å². The molecule has 3 heterocycles. The van der Waals surface area contributed by atoms with Gasteiger partial charge in [-0.25, -0.2) is 0 Å². The number of carbonyl (C=O) groups is 1. The lowest BCUT2D eigenvalue weighted by Crippen LogP contribution is -2.56. The second kappa shape index (κ2) is 4.63. The van der Waals surface area contributed by atoms with Crippen molar-refractivity contribution in [2.45, 2.75) is 32.1 Å². The Kier molecular flexibility index (Phi) is 3.09. The van der Waals surface area contributed by atoms with Crippen LogP contribution in [0.4, 0.5) is 0 Å². The van der Waals surface area contributed by atoms with Crippen LogP contribution in [-0.2, 0) is 10.2 Å². The highest BCUT2D eigenvalue weighted by Crippen LogP contribution is 2.34. The number of aryl methyl sites for hydroxylation is 1. The fraction of sp³-hybridized carbons (Fsp3) is 0.714. The van der Waals surface area contributed by atoms with E-state index in [4.69, 9.17) is 0 Å². The molecule has 2 saturated heterocycles. The van der Waals surface area contributed by atoms with Crippen LogP contribution < -0.4 is 5.32 Å². The smallest absolute Gasteiger partial charge is 0.228 e. The molecule has 0 aromatic carbocycles. The molecule has 2 fully saturated rings. The topological polar surface area (TPSA) is 61.0 Å². The number of H-pyrrole nitrogens is 1. The second-order valence-corrected chi connectivity index (χ2v) is 6.21. The zero-order valence-corrected chi connectivity index (χ0v) is 11.7. The Hall–Kier alpha value is -1.36. The van der Waals surface area contributed by atoms with Gasteiger partial charge in [-0.2, -0.15) is 5.10 Å². The summed E-state index contributed by atoms with van der Waals surface area (Å²) in [6.07, 6.45) is 4.06. The van der Waals surface area contributed by atoms with Gasteiger partial charge in [-0.1, -0.05) is 6.92 Å². The van der Waals surface area contributed by atoms with E-state index in [1.165, 1.54) is 11.3 Å². The SMILES string of the molecule is Cc1cn[nH]c1[C@]1(C)CCCN(C(=O)C2CNC2)C1. The summed E-state index contributed by atoms with van der Waals surface area (Å²) in [4.78, 5) is 14.4. The molecular formula is C14H22N4O. The molecule has 0 radical (unpaired) electrons. The number of aromatic amines is 1. The van der Waals surface area contributed by atoms with Gasteiger partial charge < -0.3 is 10.2 Å². The van der Waals surface area contributed by atoms with Gasteiger partial charge in [0.05, 0.1) is 12.1 Å². The van der Waals surface area contributed by atoms with Crippen LogP contribution >= 0.6 is 0 Å². The summed E-state index contributed by atoms with van der Waals surface area (Å²) in [5.41, 5.74) is 2.41. The molecular weight excluding hydrogens is 240 g/mol. The molecule has 0 spiro atoms. The van der Waals surface area contributed by atoms with Crippen molar-refractivity contribution in [3.05, 3.63) is 17.5 Å². The first-order chi connectivity index (χ1) is 9.10. The summed E-state index contributed by atoms with van der Waals surface area (Å²) in [5.74, 6) is 0.520. The molecule has 0 bridgehead atoms. The first kappa shape index (κ1) is 12.7.